The molecule has 1 aromatic heterocycles. The first kappa shape index (κ1) is 12.8. The van der Waals surface area contributed by atoms with E-state index in [1.54, 1.807) is 12.1 Å². The van der Waals surface area contributed by atoms with Crippen LogP contribution in [-0.2, 0) is 8.26 Å². The molecular formula is C4H2Cl4O2S2. The van der Waals surface area contributed by atoms with Crippen LogP contribution in [0.4, 0.5) is 0 Å². The van der Waals surface area contributed by atoms with Crippen molar-refractivity contribution in [3.05, 3.63) is 20.8 Å². The SMILES string of the molecule is Clc1ccc(Cl)s1.O=S(=O)(Cl)Cl. The number of thiophene rings is 1. The highest BCUT2D eigenvalue weighted by molar-refractivity contribution is 8.31. The van der Waals surface area contributed by atoms with Crippen LogP contribution in [0.25, 0.3) is 0 Å². The molecular weight excluding hydrogens is 286 g/mol. The van der Waals surface area contributed by atoms with Crippen LogP contribution in [0.5, 0.6) is 0 Å². The first-order chi connectivity index (χ1) is 5.29. The minimum absolute atomic E-state index is 0.741. The molecule has 0 fully saturated rings. The smallest absolute Gasteiger partial charge is 0.195 e. The van der Waals surface area contributed by atoms with Crippen LogP contribution in [0.1, 0.15) is 0 Å². The Labute approximate surface area is 92.9 Å². The lowest BCUT2D eigenvalue weighted by atomic mass is 10.7. The van der Waals surface area contributed by atoms with Gasteiger partial charge < -0.3 is 0 Å². The summed E-state index contributed by atoms with van der Waals surface area (Å²) in [7, 11) is 4.81. The lowest BCUT2D eigenvalue weighted by molar-refractivity contribution is 0.621. The summed E-state index contributed by atoms with van der Waals surface area (Å²) >= 11 is 12.4. The molecule has 0 atom stereocenters. The maximum absolute atomic E-state index is 9.16. The van der Waals surface area contributed by atoms with Gasteiger partial charge in [-0.1, -0.05) is 23.2 Å². The van der Waals surface area contributed by atoms with E-state index in [0.29, 0.717) is 0 Å². The van der Waals surface area contributed by atoms with Crippen molar-refractivity contribution in [2.24, 2.45) is 0 Å². The number of rotatable bonds is 0. The average Bonchev–Trinajstić information content (AvgIpc) is 2.09. The predicted octanol–water partition coefficient (Wildman–Crippen LogP) is 3.76. The molecule has 8 heteroatoms. The molecule has 70 valence electrons. The van der Waals surface area contributed by atoms with Crippen molar-refractivity contribution < 1.29 is 8.42 Å². The Hall–Kier alpha value is 0.810. The standard InChI is InChI=1S/C4H2Cl2S.Cl2O2S/c5-3-1-2-4(6)7-3;1-5(2,3)4/h1-2H;. The highest BCUT2D eigenvalue weighted by Crippen LogP contribution is 2.24. The highest BCUT2D eigenvalue weighted by Gasteiger charge is 1.89. The molecule has 0 aromatic carbocycles. The predicted molar refractivity (Wildman–Crippen MR) is 55.0 cm³/mol. The van der Waals surface area contributed by atoms with Crippen molar-refractivity contribution in [1.29, 1.82) is 0 Å². The fourth-order valence-corrected chi connectivity index (χ4v) is 1.49. The molecule has 0 saturated heterocycles. The number of halogens is 4. The van der Waals surface area contributed by atoms with Crippen molar-refractivity contribution >= 4 is 64.2 Å². The van der Waals surface area contributed by atoms with Crippen LogP contribution in [0, 0.1) is 0 Å². The topological polar surface area (TPSA) is 34.1 Å². The van der Waals surface area contributed by atoms with E-state index in [2.05, 4.69) is 21.4 Å². The molecule has 1 heterocycles. The summed E-state index contributed by atoms with van der Waals surface area (Å²) in [6, 6.07) is 3.54. The Morgan fingerprint density at radius 1 is 1.08 bits per heavy atom. The van der Waals surface area contributed by atoms with Gasteiger partial charge in [0.05, 0.1) is 8.67 Å². The lowest BCUT2D eigenvalue weighted by Gasteiger charge is -1.66. The highest BCUT2D eigenvalue weighted by atomic mass is 36.0. The summed E-state index contributed by atoms with van der Waals surface area (Å²) in [5, 5.41) is 0. The third kappa shape index (κ3) is 10.8. The van der Waals surface area contributed by atoms with Gasteiger partial charge in [-0.05, 0) is 12.1 Å². The molecule has 0 saturated carbocycles. The van der Waals surface area contributed by atoms with E-state index in [0.717, 1.165) is 8.67 Å². The van der Waals surface area contributed by atoms with E-state index in [9.17, 15) is 0 Å². The molecule has 2 nitrogen and oxygen atoms in total. The molecule has 0 unspecified atom stereocenters. The molecule has 0 aliphatic rings. The van der Waals surface area contributed by atoms with Gasteiger partial charge in [-0.3, -0.25) is 0 Å². The van der Waals surface area contributed by atoms with Gasteiger partial charge in [0.1, 0.15) is 0 Å². The molecule has 0 spiro atoms. The molecule has 12 heavy (non-hydrogen) atoms. The minimum atomic E-state index is -3.72. The van der Waals surface area contributed by atoms with E-state index in [4.69, 9.17) is 31.6 Å². The van der Waals surface area contributed by atoms with Gasteiger partial charge in [0.25, 0.3) is 0 Å². The van der Waals surface area contributed by atoms with Crippen molar-refractivity contribution in [3.8, 4) is 0 Å². The van der Waals surface area contributed by atoms with Gasteiger partial charge >= 0.3 is 8.26 Å². The second-order valence-corrected chi connectivity index (χ2v) is 7.44. The largest absolute Gasteiger partial charge is 0.317 e. The molecule has 0 aliphatic carbocycles. The van der Waals surface area contributed by atoms with E-state index in [1.165, 1.54) is 11.3 Å². The van der Waals surface area contributed by atoms with E-state index in [-0.39, 0.29) is 0 Å². The summed E-state index contributed by atoms with van der Waals surface area (Å²) in [6.45, 7) is 0. The molecule has 0 radical (unpaired) electrons. The van der Waals surface area contributed by atoms with Crippen molar-refractivity contribution in [3.63, 3.8) is 0 Å². The molecule has 0 bridgehead atoms. The van der Waals surface area contributed by atoms with Gasteiger partial charge in [0.15, 0.2) is 0 Å². The van der Waals surface area contributed by atoms with Crippen molar-refractivity contribution in [2.75, 3.05) is 0 Å². The normalized spacial score (nSPS) is 10.3. The first-order valence-electron chi connectivity index (χ1n) is 2.34. The molecule has 1 aromatic rings. The fourth-order valence-electron chi connectivity index (χ4n) is 0.292. The van der Waals surface area contributed by atoms with Gasteiger partial charge in [-0.25, -0.2) is 0 Å². The zero-order valence-corrected chi connectivity index (χ0v) is 9.96. The van der Waals surface area contributed by atoms with Gasteiger partial charge in [0.2, 0.25) is 0 Å². The third-order valence-electron chi connectivity index (χ3n) is 0.540. The Balaban J connectivity index is 0.000000217. The first-order valence-corrected chi connectivity index (χ1v) is 7.05. The molecule has 0 N–H and O–H groups in total. The summed E-state index contributed by atoms with van der Waals surface area (Å²) in [5.41, 5.74) is 0. The quantitative estimate of drug-likeness (QED) is 0.681. The summed E-state index contributed by atoms with van der Waals surface area (Å²) in [5.74, 6) is 0. The van der Waals surface area contributed by atoms with E-state index < -0.39 is 8.26 Å². The summed E-state index contributed by atoms with van der Waals surface area (Å²) < 4.78 is 19.8. The molecule has 0 aliphatic heterocycles. The van der Waals surface area contributed by atoms with E-state index in [1.807, 2.05) is 0 Å². The maximum Gasteiger partial charge on any atom is 0.317 e. The number of hydrogen-bond acceptors (Lipinski definition) is 3. The van der Waals surface area contributed by atoms with Gasteiger partial charge in [-0.15, -0.1) is 11.3 Å². The Bertz CT molecular complexity index is 306. The fraction of sp³-hybridized carbons (Fsp3) is 0. The second-order valence-electron chi connectivity index (χ2n) is 1.42. The minimum Gasteiger partial charge on any atom is -0.195 e. The van der Waals surface area contributed by atoms with Crippen molar-refractivity contribution in [1.82, 2.24) is 0 Å². The zero-order valence-electron chi connectivity index (χ0n) is 5.30. The van der Waals surface area contributed by atoms with Crippen LogP contribution in [0.3, 0.4) is 0 Å². The zero-order chi connectivity index (χ0) is 9.78. The van der Waals surface area contributed by atoms with E-state index >= 15 is 0 Å². The summed E-state index contributed by atoms with van der Waals surface area (Å²) in [6.07, 6.45) is 0. The third-order valence-corrected chi connectivity index (χ3v) is 1.92. The van der Waals surface area contributed by atoms with Crippen LogP contribution in [0.2, 0.25) is 8.67 Å². The average molecular weight is 288 g/mol. The van der Waals surface area contributed by atoms with Crippen LogP contribution in [0.15, 0.2) is 12.1 Å². The second kappa shape index (κ2) is 5.52. The lowest BCUT2D eigenvalue weighted by Crippen LogP contribution is -1.63. The Kier molecular flexibility index (Phi) is 5.89. The Morgan fingerprint density at radius 3 is 1.42 bits per heavy atom. The monoisotopic (exact) mass is 286 g/mol. The molecule has 0 amide bonds. The summed E-state index contributed by atoms with van der Waals surface area (Å²) in [4.78, 5) is 0. The molecule has 1 rings (SSSR count). The van der Waals surface area contributed by atoms with Crippen LogP contribution in [-0.4, -0.2) is 8.42 Å². The van der Waals surface area contributed by atoms with Crippen molar-refractivity contribution in [2.45, 2.75) is 0 Å². The maximum atomic E-state index is 9.16. The Morgan fingerprint density at radius 2 is 1.33 bits per heavy atom. The van der Waals surface area contributed by atoms with Crippen LogP contribution < -0.4 is 0 Å². The van der Waals surface area contributed by atoms with Crippen LogP contribution >= 0.6 is 55.9 Å². The van der Waals surface area contributed by atoms with Gasteiger partial charge in [0, 0.05) is 21.4 Å². The number of hydrogen-bond donors (Lipinski definition) is 0. The van der Waals surface area contributed by atoms with Gasteiger partial charge in [-0.2, -0.15) is 8.42 Å².